The van der Waals surface area contributed by atoms with Crippen molar-refractivity contribution in [2.24, 2.45) is 0 Å². The van der Waals surface area contributed by atoms with Crippen molar-refractivity contribution >= 4 is 11.6 Å². The topological polar surface area (TPSA) is 30.5 Å². The second kappa shape index (κ2) is 5.59. The molecule has 19 heavy (non-hydrogen) atoms. The average Bonchev–Trinajstić information content (AvgIpc) is 2.65. The number of ether oxygens (including phenoxy) is 2. The van der Waals surface area contributed by atoms with Crippen molar-refractivity contribution in [1.82, 2.24) is 5.32 Å². The van der Waals surface area contributed by atoms with Crippen LogP contribution in [0.15, 0.2) is 6.07 Å². The van der Waals surface area contributed by atoms with Gasteiger partial charge in [-0.05, 0) is 31.9 Å². The van der Waals surface area contributed by atoms with E-state index in [2.05, 4.69) is 12.2 Å². The van der Waals surface area contributed by atoms with Crippen molar-refractivity contribution in [3.8, 4) is 11.5 Å². The molecule has 3 nitrogen and oxygen atoms in total. The molecule has 4 heteroatoms. The molecule has 1 saturated heterocycles. The second-order valence-corrected chi connectivity index (χ2v) is 5.68. The molecule has 0 spiro atoms. The van der Waals surface area contributed by atoms with Gasteiger partial charge in [0.2, 0.25) is 0 Å². The lowest BCUT2D eigenvalue weighted by Gasteiger charge is -2.27. The molecule has 0 saturated carbocycles. The van der Waals surface area contributed by atoms with Crippen LogP contribution in [0.1, 0.15) is 42.9 Å². The number of benzene rings is 1. The van der Waals surface area contributed by atoms with Gasteiger partial charge >= 0.3 is 0 Å². The van der Waals surface area contributed by atoms with Crippen molar-refractivity contribution in [2.45, 2.75) is 38.6 Å². The molecule has 0 radical (unpaired) electrons. The molecule has 1 aromatic rings. The fraction of sp³-hybridized carbons (Fsp3) is 0.600. The highest BCUT2D eigenvalue weighted by atomic mass is 35.5. The Morgan fingerprint density at radius 3 is 2.84 bits per heavy atom. The summed E-state index contributed by atoms with van der Waals surface area (Å²) < 4.78 is 11.6. The van der Waals surface area contributed by atoms with Crippen LogP contribution < -0.4 is 14.8 Å². The van der Waals surface area contributed by atoms with E-state index in [0.29, 0.717) is 19.3 Å². The minimum atomic E-state index is 0.346. The molecule has 1 unspecified atom stereocenters. The monoisotopic (exact) mass is 281 g/mol. The Morgan fingerprint density at radius 1 is 1.21 bits per heavy atom. The average molecular weight is 282 g/mol. The normalized spacial score (nSPS) is 22.9. The van der Waals surface area contributed by atoms with E-state index in [-0.39, 0.29) is 0 Å². The molecule has 1 N–H and O–H groups in total. The number of fused-ring (bicyclic) bond motifs is 1. The summed E-state index contributed by atoms with van der Waals surface area (Å²) in [6.45, 7) is 4.57. The molecule has 0 bridgehead atoms. The maximum absolute atomic E-state index is 6.48. The van der Waals surface area contributed by atoms with Crippen LogP contribution in [-0.4, -0.2) is 19.8 Å². The highest BCUT2D eigenvalue weighted by Gasteiger charge is 2.25. The molecule has 2 aliphatic heterocycles. The number of rotatable bonds is 1. The van der Waals surface area contributed by atoms with Crippen molar-refractivity contribution in [1.29, 1.82) is 0 Å². The first-order valence-electron chi connectivity index (χ1n) is 7.09. The molecular weight excluding hydrogens is 262 g/mol. The van der Waals surface area contributed by atoms with Crippen LogP contribution in [-0.2, 0) is 0 Å². The molecule has 1 fully saturated rings. The smallest absolute Gasteiger partial charge is 0.164 e. The highest BCUT2D eigenvalue weighted by molar-refractivity contribution is 6.31. The van der Waals surface area contributed by atoms with E-state index in [1.54, 1.807) is 0 Å². The first-order chi connectivity index (χ1) is 9.27. The SMILES string of the molecule is Cc1c2c(cc(Cl)c1C1CCCCN1)OCCCO2. The van der Waals surface area contributed by atoms with Gasteiger partial charge in [-0.25, -0.2) is 0 Å². The third-order valence-corrected chi connectivity index (χ3v) is 4.25. The molecule has 1 aromatic carbocycles. The Morgan fingerprint density at radius 2 is 2.05 bits per heavy atom. The Labute approximate surface area is 119 Å². The molecular formula is C15H20ClNO2. The number of hydrogen-bond donors (Lipinski definition) is 1. The fourth-order valence-corrected chi connectivity index (χ4v) is 3.35. The van der Waals surface area contributed by atoms with Crippen LogP contribution in [0.5, 0.6) is 11.5 Å². The Balaban J connectivity index is 2.01. The lowest BCUT2D eigenvalue weighted by Crippen LogP contribution is -2.27. The zero-order valence-electron chi connectivity index (χ0n) is 11.3. The number of piperidine rings is 1. The fourth-order valence-electron chi connectivity index (χ4n) is 2.97. The van der Waals surface area contributed by atoms with Crippen molar-refractivity contribution in [3.05, 3.63) is 22.2 Å². The van der Waals surface area contributed by atoms with Crippen LogP contribution in [0.3, 0.4) is 0 Å². The zero-order chi connectivity index (χ0) is 13.2. The standard InChI is InChI=1S/C15H20ClNO2/c1-10-14(12-5-2-3-6-17-12)11(16)9-13-15(10)19-8-4-7-18-13/h9,12,17H,2-8H2,1H3. The van der Waals surface area contributed by atoms with Crippen LogP contribution in [0.25, 0.3) is 0 Å². The summed E-state index contributed by atoms with van der Waals surface area (Å²) in [5.74, 6) is 1.67. The summed E-state index contributed by atoms with van der Waals surface area (Å²) in [5, 5.41) is 4.35. The van der Waals surface area contributed by atoms with E-state index in [1.165, 1.54) is 18.4 Å². The zero-order valence-corrected chi connectivity index (χ0v) is 12.1. The number of nitrogens with one attached hydrogen (secondary N) is 1. The van der Waals surface area contributed by atoms with Crippen molar-refractivity contribution < 1.29 is 9.47 Å². The Kier molecular flexibility index (Phi) is 3.85. The van der Waals surface area contributed by atoms with Crippen molar-refractivity contribution in [3.63, 3.8) is 0 Å². The van der Waals surface area contributed by atoms with E-state index in [9.17, 15) is 0 Å². The summed E-state index contributed by atoms with van der Waals surface area (Å²) in [6, 6.07) is 2.26. The van der Waals surface area contributed by atoms with Gasteiger partial charge in [0, 0.05) is 29.1 Å². The first kappa shape index (κ1) is 13.1. The lowest BCUT2D eigenvalue weighted by molar-refractivity contribution is 0.296. The molecule has 1 atom stereocenters. The molecule has 2 heterocycles. The van der Waals surface area contributed by atoms with Gasteiger partial charge < -0.3 is 14.8 Å². The Hall–Kier alpha value is -0.930. The largest absolute Gasteiger partial charge is 0.489 e. The van der Waals surface area contributed by atoms with Gasteiger partial charge in [-0.1, -0.05) is 18.0 Å². The molecule has 0 amide bonds. The maximum Gasteiger partial charge on any atom is 0.164 e. The van der Waals surface area contributed by atoms with Gasteiger partial charge in [-0.2, -0.15) is 0 Å². The quantitative estimate of drug-likeness (QED) is 0.853. The van der Waals surface area contributed by atoms with E-state index in [1.807, 2.05) is 6.07 Å². The Bertz CT molecular complexity index is 470. The van der Waals surface area contributed by atoms with Crippen molar-refractivity contribution in [2.75, 3.05) is 19.8 Å². The van der Waals surface area contributed by atoms with E-state index < -0.39 is 0 Å². The molecule has 0 aliphatic carbocycles. The summed E-state index contributed by atoms with van der Waals surface area (Å²) in [5.41, 5.74) is 2.31. The molecule has 2 aliphatic rings. The van der Waals surface area contributed by atoms with Crippen LogP contribution in [0.4, 0.5) is 0 Å². The van der Waals surface area contributed by atoms with Gasteiger partial charge in [0.15, 0.2) is 11.5 Å². The molecule has 104 valence electrons. The predicted molar refractivity (Wildman–Crippen MR) is 76.4 cm³/mol. The third kappa shape index (κ3) is 2.54. The first-order valence-corrected chi connectivity index (χ1v) is 7.47. The van der Waals surface area contributed by atoms with Gasteiger partial charge in [-0.3, -0.25) is 0 Å². The summed E-state index contributed by atoms with van der Waals surface area (Å²) >= 11 is 6.48. The number of hydrogen-bond acceptors (Lipinski definition) is 3. The molecule has 3 rings (SSSR count). The lowest BCUT2D eigenvalue weighted by atomic mass is 9.93. The van der Waals surface area contributed by atoms with E-state index in [0.717, 1.165) is 41.5 Å². The summed E-state index contributed by atoms with van der Waals surface area (Å²) in [4.78, 5) is 0. The molecule has 0 aromatic heterocycles. The van der Waals surface area contributed by atoms with Crippen LogP contribution in [0.2, 0.25) is 5.02 Å². The highest BCUT2D eigenvalue weighted by Crippen LogP contribution is 2.42. The summed E-state index contributed by atoms with van der Waals surface area (Å²) in [6.07, 6.45) is 4.56. The van der Waals surface area contributed by atoms with Gasteiger partial charge in [0.25, 0.3) is 0 Å². The van der Waals surface area contributed by atoms with Crippen LogP contribution in [0, 0.1) is 6.92 Å². The van der Waals surface area contributed by atoms with E-state index >= 15 is 0 Å². The second-order valence-electron chi connectivity index (χ2n) is 5.28. The number of halogens is 1. The van der Waals surface area contributed by atoms with Gasteiger partial charge in [0.05, 0.1) is 13.2 Å². The third-order valence-electron chi connectivity index (χ3n) is 3.93. The summed E-state index contributed by atoms with van der Waals surface area (Å²) in [7, 11) is 0. The van der Waals surface area contributed by atoms with E-state index in [4.69, 9.17) is 21.1 Å². The van der Waals surface area contributed by atoms with Crippen LogP contribution >= 0.6 is 11.6 Å². The maximum atomic E-state index is 6.48. The minimum Gasteiger partial charge on any atom is -0.489 e. The van der Waals surface area contributed by atoms with Gasteiger partial charge in [-0.15, -0.1) is 0 Å². The minimum absolute atomic E-state index is 0.346. The van der Waals surface area contributed by atoms with Gasteiger partial charge in [0.1, 0.15) is 0 Å². The predicted octanol–water partition coefficient (Wildman–Crippen LogP) is 3.62.